The number of amides is 1. The summed E-state index contributed by atoms with van der Waals surface area (Å²) in [5, 5.41) is 0. The van der Waals surface area contributed by atoms with Gasteiger partial charge in [-0.3, -0.25) is 9.69 Å². The summed E-state index contributed by atoms with van der Waals surface area (Å²) in [6, 6.07) is 18.6. The molecule has 0 spiro atoms. The molecule has 2 aromatic carbocycles. The van der Waals surface area contributed by atoms with E-state index in [0.717, 1.165) is 42.6 Å². The summed E-state index contributed by atoms with van der Waals surface area (Å²) in [6.07, 6.45) is 1.06. The molecule has 1 atom stereocenters. The molecule has 1 unspecified atom stereocenters. The van der Waals surface area contributed by atoms with Gasteiger partial charge in [-0.15, -0.1) is 0 Å². The van der Waals surface area contributed by atoms with Gasteiger partial charge in [0.05, 0.1) is 5.56 Å². The summed E-state index contributed by atoms with van der Waals surface area (Å²) >= 11 is 3.48. The average Bonchev–Trinajstić information content (AvgIpc) is 2.61. The zero-order valence-electron chi connectivity index (χ0n) is 14.0. The quantitative estimate of drug-likeness (QED) is 0.796. The molecular formula is C20H23BrN2O. The molecule has 1 saturated heterocycles. The molecule has 0 N–H and O–H groups in total. The van der Waals surface area contributed by atoms with Crippen LogP contribution < -0.4 is 0 Å². The van der Waals surface area contributed by atoms with Crippen molar-refractivity contribution in [3.05, 3.63) is 70.2 Å². The molecule has 126 valence electrons. The van der Waals surface area contributed by atoms with Crippen molar-refractivity contribution in [1.29, 1.82) is 0 Å². The maximum Gasteiger partial charge on any atom is 0.255 e. The van der Waals surface area contributed by atoms with Crippen LogP contribution in [0.1, 0.15) is 22.8 Å². The third-order valence-corrected chi connectivity index (χ3v) is 5.38. The number of halogens is 1. The first-order valence-electron chi connectivity index (χ1n) is 8.47. The fourth-order valence-electron chi connectivity index (χ4n) is 3.23. The first-order valence-corrected chi connectivity index (χ1v) is 9.26. The maximum atomic E-state index is 12.7. The van der Waals surface area contributed by atoms with Gasteiger partial charge in [0.1, 0.15) is 0 Å². The Labute approximate surface area is 152 Å². The predicted octanol–water partition coefficient (Wildman–Crippen LogP) is 3.84. The summed E-state index contributed by atoms with van der Waals surface area (Å²) in [6.45, 7) is 5.77. The zero-order valence-corrected chi connectivity index (χ0v) is 15.6. The van der Waals surface area contributed by atoms with Crippen molar-refractivity contribution >= 4 is 21.8 Å². The summed E-state index contributed by atoms with van der Waals surface area (Å²) < 4.78 is 0.870. The number of hydrogen-bond donors (Lipinski definition) is 0. The van der Waals surface area contributed by atoms with Crippen LogP contribution >= 0.6 is 15.9 Å². The Balaban J connectivity index is 1.57. The standard InChI is InChI=1S/C20H23BrN2O/c1-16-15-23(20(24)18-9-5-6-10-19(18)21)14-13-22(16)12-11-17-7-3-2-4-8-17/h2-10,16H,11-15H2,1H3. The van der Waals surface area contributed by atoms with Gasteiger partial charge in [0.25, 0.3) is 5.91 Å². The van der Waals surface area contributed by atoms with Gasteiger partial charge >= 0.3 is 0 Å². The summed E-state index contributed by atoms with van der Waals surface area (Å²) in [4.78, 5) is 17.2. The number of rotatable bonds is 4. The van der Waals surface area contributed by atoms with Crippen LogP contribution in [0.15, 0.2) is 59.1 Å². The van der Waals surface area contributed by atoms with Crippen molar-refractivity contribution in [3.63, 3.8) is 0 Å². The van der Waals surface area contributed by atoms with Crippen LogP contribution in [0, 0.1) is 0 Å². The lowest BCUT2D eigenvalue weighted by molar-refractivity contribution is 0.0517. The van der Waals surface area contributed by atoms with Crippen LogP contribution in [-0.4, -0.2) is 47.9 Å². The van der Waals surface area contributed by atoms with Crippen LogP contribution in [0.2, 0.25) is 0 Å². The topological polar surface area (TPSA) is 23.6 Å². The second-order valence-corrected chi connectivity index (χ2v) is 7.21. The van der Waals surface area contributed by atoms with Gasteiger partial charge in [-0.1, -0.05) is 42.5 Å². The Hall–Kier alpha value is -1.65. The number of nitrogens with zero attached hydrogens (tertiary/aromatic N) is 2. The highest BCUT2D eigenvalue weighted by Crippen LogP contribution is 2.20. The minimum atomic E-state index is 0.122. The van der Waals surface area contributed by atoms with Crippen LogP contribution in [0.5, 0.6) is 0 Å². The molecule has 0 aromatic heterocycles. The molecule has 4 heteroatoms. The van der Waals surface area contributed by atoms with Gasteiger partial charge in [-0.05, 0) is 47.0 Å². The van der Waals surface area contributed by atoms with Crippen LogP contribution in [0.25, 0.3) is 0 Å². The monoisotopic (exact) mass is 386 g/mol. The third-order valence-electron chi connectivity index (χ3n) is 4.69. The van der Waals surface area contributed by atoms with Crippen LogP contribution in [0.3, 0.4) is 0 Å². The Kier molecular flexibility index (Phi) is 5.69. The molecule has 0 saturated carbocycles. The van der Waals surface area contributed by atoms with Crippen LogP contribution in [0.4, 0.5) is 0 Å². The van der Waals surface area contributed by atoms with E-state index in [4.69, 9.17) is 0 Å². The number of carbonyl (C=O) groups is 1. The third kappa shape index (κ3) is 4.05. The molecule has 1 heterocycles. The molecule has 0 bridgehead atoms. The van der Waals surface area contributed by atoms with E-state index in [1.54, 1.807) is 0 Å². The minimum Gasteiger partial charge on any atom is -0.336 e. The number of piperazine rings is 1. The zero-order chi connectivity index (χ0) is 16.9. The highest BCUT2D eigenvalue weighted by Gasteiger charge is 2.27. The first kappa shape index (κ1) is 17.2. The van der Waals surface area contributed by atoms with Crippen molar-refractivity contribution < 1.29 is 4.79 Å². The molecule has 1 aliphatic rings. The Morgan fingerprint density at radius 3 is 2.50 bits per heavy atom. The van der Waals surface area contributed by atoms with E-state index in [2.05, 4.69) is 58.1 Å². The van der Waals surface area contributed by atoms with E-state index in [0.29, 0.717) is 6.04 Å². The summed E-state index contributed by atoms with van der Waals surface area (Å²) in [5.74, 6) is 0.122. The molecule has 0 radical (unpaired) electrons. The van der Waals surface area contributed by atoms with Gasteiger partial charge in [0.2, 0.25) is 0 Å². The molecular weight excluding hydrogens is 364 g/mol. The van der Waals surface area contributed by atoms with E-state index in [1.165, 1.54) is 5.56 Å². The largest absolute Gasteiger partial charge is 0.336 e. The highest BCUT2D eigenvalue weighted by molar-refractivity contribution is 9.10. The minimum absolute atomic E-state index is 0.122. The van der Waals surface area contributed by atoms with Crippen molar-refractivity contribution in [2.75, 3.05) is 26.2 Å². The molecule has 0 aliphatic carbocycles. The molecule has 2 aromatic rings. The van der Waals surface area contributed by atoms with Gasteiger partial charge < -0.3 is 4.90 Å². The van der Waals surface area contributed by atoms with Crippen molar-refractivity contribution in [2.24, 2.45) is 0 Å². The van der Waals surface area contributed by atoms with E-state index in [9.17, 15) is 4.79 Å². The molecule has 3 nitrogen and oxygen atoms in total. The van der Waals surface area contributed by atoms with Gasteiger partial charge in [0.15, 0.2) is 0 Å². The lowest BCUT2D eigenvalue weighted by Crippen LogP contribution is -2.54. The number of hydrogen-bond acceptors (Lipinski definition) is 2. The molecule has 3 rings (SSSR count). The maximum absolute atomic E-state index is 12.7. The van der Waals surface area contributed by atoms with Gasteiger partial charge in [-0.25, -0.2) is 0 Å². The van der Waals surface area contributed by atoms with Gasteiger partial charge in [0, 0.05) is 36.7 Å². The fraction of sp³-hybridized carbons (Fsp3) is 0.350. The molecule has 24 heavy (non-hydrogen) atoms. The Morgan fingerprint density at radius 2 is 1.79 bits per heavy atom. The predicted molar refractivity (Wildman–Crippen MR) is 101 cm³/mol. The van der Waals surface area contributed by atoms with Crippen molar-refractivity contribution in [2.45, 2.75) is 19.4 Å². The Bertz CT molecular complexity index is 689. The van der Waals surface area contributed by atoms with E-state index in [-0.39, 0.29) is 5.91 Å². The van der Waals surface area contributed by atoms with E-state index >= 15 is 0 Å². The smallest absolute Gasteiger partial charge is 0.255 e. The number of carbonyl (C=O) groups excluding carboxylic acids is 1. The summed E-state index contributed by atoms with van der Waals surface area (Å²) in [5.41, 5.74) is 2.12. The van der Waals surface area contributed by atoms with Crippen LogP contribution in [-0.2, 0) is 6.42 Å². The molecule has 1 amide bonds. The average molecular weight is 387 g/mol. The molecule has 1 fully saturated rings. The first-order chi connectivity index (χ1) is 11.6. The number of benzene rings is 2. The SMILES string of the molecule is CC1CN(C(=O)c2ccccc2Br)CCN1CCc1ccccc1. The van der Waals surface area contributed by atoms with Crippen molar-refractivity contribution in [3.8, 4) is 0 Å². The lowest BCUT2D eigenvalue weighted by Gasteiger charge is -2.40. The second kappa shape index (κ2) is 7.95. The normalized spacial score (nSPS) is 18.6. The lowest BCUT2D eigenvalue weighted by atomic mass is 10.1. The van der Waals surface area contributed by atoms with E-state index < -0.39 is 0 Å². The molecule has 1 aliphatic heterocycles. The van der Waals surface area contributed by atoms with E-state index in [1.807, 2.05) is 29.2 Å². The van der Waals surface area contributed by atoms with Gasteiger partial charge in [-0.2, -0.15) is 0 Å². The Morgan fingerprint density at radius 1 is 1.08 bits per heavy atom. The second-order valence-electron chi connectivity index (χ2n) is 6.35. The van der Waals surface area contributed by atoms with Crippen molar-refractivity contribution in [1.82, 2.24) is 9.80 Å². The summed E-state index contributed by atoms with van der Waals surface area (Å²) in [7, 11) is 0. The fourth-order valence-corrected chi connectivity index (χ4v) is 3.69. The highest BCUT2D eigenvalue weighted by atomic mass is 79.9.